The van der Waals surface area contributed by atoms with Gasteiger partial charge in [-0.25, -0.2) is 0 Å². The van der Waals surface area contributed by atoms with Crippen LogP contribution >= 0.6 is 28.7 Å². The Morgan fingerprint density at radius 3 is 2.60 bits per heavy atom. The van der Waals surface area contributed by atoms with E-state index in [1.165, 1.54) is 16.7 Å². The maximum Gasteiger partial charge on any atom is 0.179 e. The molecule has 0 saturated carbocycles. The molecule has 1 heterocycles. The van der Waals surface area contributed by atoms with Crippen LogP contribution in [-0.2, 0) is 12.1 Å². The lowest BCUT2D eigenvalue weighted by Crippen LogP contribution is -2.46. The topological polar surface area (TPSA) is 35.8 Å². The first-order chi connectivity index (χ1) is 11.7. The van der Waals surface area contributed by atoms with Gasteiger partial charge in [-0.1, -0.05) is 60.3 Å². The number of hydrogen-bond donors (Lipinski definition) is 1. The lowest BCUT2D eigenvalue weighted by molar-refractivity contribution is -0.0597. The van der Waals surface area contributed by atoms with E-state index in [0.29, 0.717) is 0 Å². The molecule has 0 amide bonds. The number of aliphatic hydroxyl groups is 1. The van der Waals surface area contributed by atoms with Crippen LogP contribution in [0.1, 0.15) is 25.0 Å². The molecule has 2 aromatic carbocycles. The molecule has 1 fully saturated rings. The fourth-order valence-electron chi connectivity index (χ4n) is 3.86. The van der Waals surface area contributed by atoms with Gasteiger partial charge in [-0.3, -0.25) is 4.99 Å². The summed E-state index contributed by atoms with van der Waals surface area (Å²) in [5.74, 6) is 0. The van der Waals surface area contributed by atoms with Crippen molar-refractivity contribution in [1.29, 1.82) is 0 Å². The van der Waals surface area contributed by atoms with Crippen LogP contribution in [0.3, 0.4) is 0 Å². The third-order valence-electron chi connectivity index (χ3n) is 4.96. The van der Waals surface area contributed by atoms with Crippen molar-refractivity contribution < 1.29 is 5.11 Å². The maximum atomic E-state index is 11.5. The molecule has 2 aromatic rings. The van der Waals surface area contributed by atoms with Gasteiger partial charge in [0, 0.05) is 18.7 Å². The SMILES string of the molecule is Br.CC/N=C1\SC2Cc3cc(-c4ccccc4)ccc3C2(O)N1CC. The first kappa shape index (κ1) is 18.5. The molecule has 4 rings (SSSR count). The van der Waals surface area contributed by atoms with Gasteiger partial charge in [0.1, 0.15) is 0 Å². The summed E-state index contributed by atoms with van der Waals surface area (Å²) in [7, 11) is 0. The average Bonchev–Trinajstić information content (AvgIpc) is 3.03. The third kappa shape index (κ3) is 2.82. The molecule has 25 heavy (non-hydrogen) atoms. The standard InChI is InChI=1S/C20H22N2OS.BrH/c1-3-21-19-22(4-2)20(23)17-11-10-15(14-8-6-5-7-9-14)12-16(17)13-18(20)24-19;/h5-12,18,23H,3-4,13H2,1-2H3;1H/b21-19-;. The largest absolute Gasteiger partial charge is 0.366 e. The summed E-state index contributed by atoms with van der Waals surface area (Å²) >= 11 is 1.72. The molecule has 3 nitrogen and oxygen atoms in total. The van der Waals surface area contributed by atoms with Crippen LogP contribution in [0.5, 0.6) is 0 Å². The molecule has 1 aliphatic carbocycles. The Morgan fingerprint density at radius 1 is 1.16 bits per heavy atom. The van der Waals surface area contributed by atoms with Crippen LogP contribution in [0, 0.1) is 0 Å². The minimum atomic E-state index is -0.919. The molecule has 5 heteroatoms. The summed E-state index contributed by atoms with van der Waals surface area (Å²) in [5, 5.41) is 12.6. The molecule has 2 aliphatic rings. The normalized spacial score (nSPS) is 25.6. The van der Waals surface area contributed by atoms with Crippen LogP contribution in [-0.4, -0.2) is 33.5 Å². The zero-order valence-electron chi connectivity index (χ0n) is 14.5. The van der Waals surface area contributed by atoms with Crippen molar-refractivity contribution in [2.24, 2.45) is 4.99 Å². The summed E-state index contributed by atoms with van der Waals surface area (Å²) in [4.78, 5) is 6.66. The quantitative estimate of drug-likeness (QED) is 0.799. The van der Waals surface area contributed by atoms with E-state index in [4.69, 9.17) is 0 Å². The zero-order chi connectivity index (χ0) is 16.7. The number of rotatable bonds is 3. The highest BCUT2D eigenvalue weighted by Gasteiger charge is 2.56. The second-order valence-electron chi connectivity index (χ2n) is 6.28. The first-order valence-corrected chi connectivity index (χ1v) is 9.46. The van der Waals surface area contributed by atoms with Gasteiger partial charge >= 0.3 is 0 Å². The van der Waals surface area contributed by atoms with Crippen molar-refractivity contribution >= 4 is 33.9 Å². The highest BCUT2D eigenvalue weighted by molar-refractivity contribution is 8.93. The van der Waals surface area contributed by atoms with E-state index < -0.39 is 5.72 Å². The van der Waals surface area contributed by atoms with Gasteiger partial charge in [0.15, 0.2) is 10.9 Å². The summed E-state index contributed by atoms with van der Waals surface area (Å²) in [5.41, 5.74) is 3.82. The Balaban J connectivity index is 0.00000182. The number of nitrogens with zero attached hydrogens (tertiary/aromatic N) is 2. The highest BCUT2D eigenvalue weighted by Crippen LogP contribution is 2.52. The van der Waals surface area contributed by atoms with E-state index in [1.807, 2.05) is 13.0 Å². The van der Waals surface area contributed by atoms with Crippen LogP contribution in [0.25, 0.3) is 11.1 Å². The molecule has 1 N–H and O–H groups in total. The number of halogens is 1. The summed E-state index contributed by atoms with van der Waals surface area (Å²) in [6.07, 6.45) is 0.885. The smallest absolute Gasteiger partial charge is 0.179 e. The van der Waals surface area contributed by atoms with Gasteiger partial charge < -0.3 is 10.0 Å². The number of aliphatic imine (C=N–C) groups is 1. The Hall–Kier alpha value is -1.30. The molecule has 132 valence electrons. The molecule has 1 saturated heterocycles. The Kier molecular flexibility index (Phi) is 5.28. The molecule has 0 aromatic heterocycles. The summed E-state index contributed by atoms with van der Waals surface area (Å²) < 4.78 is 0. The minimum Gasteiger partial charge on any atom is -0.366 e. The fourth-order valence-corrected chi connectivity index (χ4v) is 5.40. The summed E-state index contributed by atoms with van der Waals surface area (Å²) in [6.45, 7) is 5.64. The average molecular weight is 419 g/mol. The van der Waals surface area contributed by atoms with Crippen LogP contribution in [0.15, 0.2) is 53.5 Å². The van der Waals surface area contributed by atoms with E-state index in [9.17, 15) is 5.11 Å². The number of thioether (sulfide) groups is 1. The van der Waals surface area contributed by atoms with Crippen molar-refractivity contribution in [1.82, 2.24) is 4.90 Å². The van der Waals surface area contributed by atoms with Gasteiger partial charge in [0.2, 0.25) is 0 Å². The molecule has 2 unspecified atom stereocenters. The Morgan fingerprint density at radius 2 is 1.92 bits per heavy atom. The molecule has 1 aliphatic heterocycles. The first-order valence-electron chi connectivity index (χ1n) is 8.58. The lowest BCUT2D eigenvalue weighted by atomic mass is 9.98. The van der Waals surface area contributed by atoms with E-state index >= 15 is 0 Å². The lowest BCUT2D eigenvalue weighted by Gasteiger charge is -2.34. The van der Waals surface area contributed by atoms with E-state index in [1.54, 1.807) is 11.8 Å². The predicted octanol–water partition coefficient (Wildman–Crippen LogP) is 4.45. The molecule has 0 radical (unpaired) electrons. The monoisotopic (exact) mass is 418 g/mol. The van der Waals surface area contributed by atoms with Gasteiger partial charge in [-0.05, 0) is 37.0 Å². The molecular weight excluding hydrogens is 396 g/mol. The predicted molar refractivity (Wildman–Crippen MR) is 112 cm³/mol. The number of fused-ring (bicyclic) bond motifs is 3. The van der Waals surface area contributed by atoms with Gasteiger partial charge in [-0.15, -0.1) is 17.0 Å². The number of benzene rings is 2. The fraction of sp³-hybridized carbons (Fsp3) is 0.350. The van der Waals surface area contributed by atoms with Crippen molar-refractivity contribution in [3.8, 4) is 11.1 Å². The van der Waals surface area contributed by atoms with Crippen LogP contribution < -0.4 is 0 Å². The van der Waals surface area contributed by atoms with Crippen molar-refractivity contribution in [2.75, 3.05) is 13.1 Å². The van der Waals surface area contributed by atoms with Crippen LogP contribution in [0.4, 0.5) is 0 Å². The number of amidine groups is 1. The third-order valence-corrected chi connectivity index (χ3v) is 6.30. The molecule has 0 spiro atoms. The van der Waals surface area contributed by atoms with Crippen molar-refractivity contribution in [3.05, 3.63) is 59.7 Å². The van der Waals surface area contributed by atoms with E-state index in [0.717, 1.165) is 30.2 Å². The summed E-state index contributed by atoms with van der Waals surface area (Å²) in [6, 6.07) is 16.9. The molecular formula is C20H23BrN2OS. The molecule has 2 atom stereocenters. The van der Waals surface area contributed by atoms with Gasteiger partial charge in [-0.2, -0.15) is 0 Å². The second-order valence-corrected chi connectivity index (χ2v) is 7.45. The van der Waals surface area contributed by atoms with Crippen molar-refractivity contribution in [3.63, 3.8) is 0 Å². The molecule has 0 bridgehead atoms. The van der Waals surface area contributed by atoms with E-state index in [-0.39, 0.29) is 22.2 Å². The Labute approximate surface area is 163 Å². The highest BCUT2D eigenvalue weighted by atomic mass is 79.9. The van der Waals surface area contributed by atoms with E-state index in [2.05, 4.69) is 59.3 Å². The van der Waals surface area contributed by atoms with Crippen molar-refractivity contribution in [2.45, 2.75) is 31.2 Å². The van der Waals surface area contributed by atoms with Crippen LogP contribution in [0.2, 0.25) is 0 Å². The van der Waals surface area contributed by atoms with Gasteiger partial charge in [0.25, 0.3) is 0 Å². The maximum absolute atomic E-state index is 11.5. The van der Waals surface area contributed by atoms with Gasteiger partial charge in [0.05, 0.1) is 5.25 Å². The number of hydrogen-bond acceptors (Lipinski definition) is 3. The minimum absolute atomic E-state index is 0. The zero-order valence-corrected chi connectivity index (χ0v) is 17.0. The Bertz CT molecular complexity index is 796. The second kappa shape index (κ2) is 7.14.